The van der Waals surface area contributed by atoms with E-state index in [1.54, 1.807) is 0 Å². The van der Waals surface area contributed by atoms with Crippen molar-refractivity contribution in [3.63, 3.8) is 0 Å². The van der Waals surface area contributed by atoms with Crippen LogP contribution in [0, 0.1) is 0 Å². The zero-order valence-corrected chi connectivity index (χ0v) is 8.55. The Labute approximate surface area is 91.4 Å². The van der Waals surface area contributed by atoms with Crippen molar-refractivity contribution in [2.24, 2.45) is 5.11 Å². The van der Waals surface area contributed by atoms with Crippen LogP contribution in [0.25, 0.3) is 21.3 Å². The Morgan fingerprint density at radius 3 is 3.00 bits per heavy atom. The van der Waals surface area contributed by atoms with Gasteiger partial charge in [-0.05, 0) is 29.5 Å². The minimum absolute atomic E-state index is 0.119. The average molecular weight is 214 g/mol. The SMILES string of the molecule is [N-]=[N+]=NCCc1cc2ccccc2[nH]c1=O. The first kappa shape index (κ1) is 10.3. The fraction of sp³-hybridized carbons (Fsp3) is 0.182. The van der Waals surface area contributed by atoms with Gasteiger partial charge in [-0.1, -0.05) is 23.3 Å². The molecule has 1 aromatic heterocycles. The van der Waals surface area contributed by atoms with Crippen molar-refractivity contribution in [2.45, 2.75) is 6.42 Å². The summed E-state index contributed by atoms with van der Waals surface area (Å²) in [4.78, 5) is 17.1. The summed E-state index contributed by atoms with van der Waals surface area (Å²) in [6.07, 6.45) is 0.463. The maximum atomic E-state index is 11.6. The molecule has 0 bridgehead atoms. The fourth-order valence-electron chi connectivity index (χ4n) is 1.59. The number of nitrogens with one attached hydrogen (secondary N) is 1. The molecule has 0 aliphatic carbocycles. The molecule has 1 aromatic carbocycles. The molecule has 0 saturated heterocycles. The first-order chi connectivity index (χ1) is 7.81. The van der Waals surface area contributed by atoms with Crippen LogP contribution in [-0.4, -0.2) is 11.5 Å². The summed E-state index contributed by atoms with van der Waals surface area (Å²) in [5, 5.41) is 4.40. The Kier molecular flexibility index (Phi) is 2.89. The molecule has 5 nitrogen and oxygen atoms in total. The van der Waals surface area contributed by atoms with Gasteiger partial charge in [0.05, 0.1) is 0 Å². The molecule has 0 aliphatic heterocycles. The molecule has 1 heterocycles. The third-order valence-corrected chi connectivity index (χ3v) is 2.37. The summed E-state index contributed by atoms with van der Waals surface area (Å²) in [5.41, 5.74) is 9.50. The van der Waals surface area contributed by atoms with Crippen LogP contribution < -0.4 is 5.56 Å². The van der Waals surface area contributed by atoms with E-state index in [0.717, 1.165) is 10.9 Å². The molecule has 0 atom stereocenters. The number of hydrogen-bond donors (Lipinski definition) is 1. The second-order valence-corrected chi connectivity index (χ2v) is 3.42. The standard InChI is InChI=1S/C11H10N4O/c12-15-13-6-5-9-7-8-3-1-2-4-10(8)14-11(9)16/h1-4,7H,5-6H2,(H,14,16). The zero-order chi connectivity index (χ0) is 11.4. The number of rotatable bonds is 3. The summed E-state index contributed by atoms with van der Waals surface area (Å²) >= 11 is 0. The first-order valence-electron chi connectivity index (χ1n) is 4.93. The molecule has 80 valence electrons. The van der Waals surface area contributed by atoms with Crippen LogP contribution in [0.4, 0.5) is 0 Å². The maximum Gasteiger partial charge on any atom is 0.251 e. The van der Waals surface area contributed by atoms with Crippen LogP contribution in [0.3, 0.4) is 0 Å². The fourth-order valence-corrected chi connectivity index (χ4v) is 1.59. The van der Waals surface area contributed by atoms with Gasteiger partial charge in [-0.15, -0.1) is 0 Å². The molecular formula is C11H10N4O. The van der Waals surface area contributed by atoms with Gasteiger partial charge < -0.3 is 4.98 Å². The Hall–Kier alpha value is -2.26. The molecule has 0 saturated carbocycles. The van der Waals surface area contributed by atoms with Gasteiger partial charge in [0.2, 0.25) is 0 Å². The third-order valence-electron chi connectivity index (χ3n) is 2.37. The van der Waals surface area contributed by atoms with Crippen molar-refractivity contribution in [1.82, 2.24) is 4.98 Å². The van der Waals surface area contributed by atoms with Crippen LogP contribution in [0.5, 0.6) is 0 Å². The van der Waals surface area contributed by atoms with E-state index in [1.165, 1.54) is 0 Å². The van der Waals surface area contributed by atoms with E-state index in [-0.39, 0.29) is 5.56 Å². The normalized spacial score (nSPS) is 10.0. The van der Waals surface area contributed by atoms with Gasteiger partial charge in [-0.2, -0.15) is 0 Å². The van der Waals surface area contributed by atoms with Gasteiger partial charge in [0.25, 0.3) is 5.56 Å². The number of fused-ring (bicyclic) bond motifs is 1. The average Bonchev–Trinajstić information content (AvgIpc) is 2.30. The molecule has 2 rings (SSSR count). The van der Waals surface area contributed by atoms with E-state index in [9.17, 15) is 4.79 Å². The van der Waals surface area contributed by atoms with Crippen molar-refractivity contribution in [3.05, 3.63) is 56.7 Å². The molecule has 0 aliphatic rings. The molecule has 0 spiro atoms. The summed E-state index contributed by atoms with van der Waals surface area (Å²) < 4.78 is 0. The number of aromatic nitrogens is 1. The van der Waals surface area contributed by atoms with Crippen molar-refractivity contribution < 1.29 is 0 Å². The molecule has 0 amide bonds. The van der Waals surface area contributed by atoms with Crippen molar-refractivity contribution in [2.75, 3.05) is 6.54 Å². The number of pyridine rings is 1. The van der Waals surface area contributed by atoms with Crippen LogP contribution in [0.1, 0.15) is 5.56 Å². The Bertz CT molecular complexity index is 611. The largest absolute Gasteiger partial charge is 0.322 e. The number of nitrogens with zero attached hydrogens (tertiary/aromatic N) is 3. The van der Waals surface area contributed by atoms with Crippen LogP contribution in [0.15, 0.2) is 40.2 Å². The molecule has 5 heteroatoms. The molecule has 0 unspecified atom stereocenters. The van der Waals surface area contributed by atoms with E-state index >= 15 is 0 Å². The minimum Gasteiger partial charge on any atom is -0.322 e. The van der Waals surface area contributed by atoms with E-state index < -0.39 is 0 Å². The van der Waals surface area contributed by atoms with Gasteiger partial charge in [0.15, 0.2) is 0 Å². The summed E-state index contributed by atoms with van der Waals surface area (Å²) in [6, 6.07) is 9.41. The van der Waals surface area contributed by atoms with Crippen molar-refractivity contribution in [3.8, 4) is 0 Å². The summed E-state index contributed by atoms with van der Waals surface area (Å²) in [6.45, 7) is 0.303. The number of azide groups is 1. The van der Waals surface area contributed by atoms with Gasteiger partial charge in [0, 0.05) is 22.5 Å². The smallest absolute Gasteiger partial charge is 0.251 e. The van der Waals surface area contributed by atoms with Crippen LogP contribution >= 0.6 is 0 Å². The maximum absolute atomic E-state index is 11.6. The molecular weight excluding hydrogens is 204 g/mol. The quantitative estimate of drug-likeness (QED) is 0.475. The summed E-state index contributed by atoms with van der Waals surface area (Å²) in [7, 11) is 0. The Morgan fingerprint density at radius 2 is 2.19 bits per heavy atom. The number of aromatic amines is 1. The van der Waals surface area contributed by atoms with Crippen LogP contribution in [0.2, 0.25) is 0 Å². The molecule has 1 N–H and O–H groups in total. The molecule has 16 heavy (non-hydrogen) atoms. The van der Waals surface area contributed by atoms with Gasteiger partial charge in [0.1, 0.15) is 0 Å². The number of hydrogen-bond acceptors (Lipinski definition) is 2. The van der Waals surface area contributed by atoms with Gasteiger partial charge in [-0.3, -0.25) is 4.79 Å². The predicted molar refractivity (Wildman–Crippen MR) is 62.3 cm³/mol. The predicted octanol–water partition coefficient (Wildman–Crippen LogP) is 2.38. The van der Waals surface area contributed by atoms with Gasteiger partial charge in [-0.25, -0.2) is 0 Å². The molecule has 0 radical (unpaired) electrons. The highest BCUT2D eigenvalue weighted by atomic mass is 16.1. The number of para-hydroxylation sites is 1. The van der Waals surface area contributed by atoms with Gasteiger partial charge >= 0.3 is 0 Å². The highest BCUT2D eigenvalue weighted by Crippen LogP contribution is 2.10. The van der Waals surface area contributed by atoms with Crippen molar-refractivity contribution >= 4 is 10.9 Å². The highest BCUT2D eigenvalue weighted by molar-refractivity contribution is 5.78. The van der Waals surface area contributed by atoms with E-state index in [2.05, 4.69) is 15.0 Å². The lowest BCUT2D eigenvalue weighted by Crippen LogP contribution is -2.13. The lowest BCUT2D eigenvalue weighted by molar-refractivity contribution is 0.938. The zero-order valence-electron chi connectivity index (χ0n) is 8.55. The Morgan fingerprint density at radius 1 is 1.38 bits per heavy atom. The second kappa shape index (κ2) is 4.51. The highest BCUT2D eigenvalue weighted by Gasteiger charge is 2.01. The van der Waals surface area contributed by atoms with E-state index in [1.807, 2.05) is 30.3 Å². The van der Waals surface area contributed by atoms with E-state index in [0.29, 0.717) is 18.5 Å². The monoisotopic (exact) mass is 214 g/mol. The molecule has 0 fully saturated rings. The van der Waals surface area contributed by atoms with Crippen molar-refractivity contribution in [1.29, 1.82) is 0 Å². The lowest BCUT2D eigenvalue weighted by Gasteiger charge is -2.00. The van der Waals surface area contributed by atoms with Crippen LogP contribution in [-0.2, 0) is 6.42 Å². The summed E-state index contributed by atoms with van der Waals surface area (Å²) in [5.74, 6) is 0. The Balaban J connectivity index is 2.42. The van der Waals surface area contributed by atoms with E-state index in [4.69, 9.17) is 5.53 Å². The molecule has 2 aromatic rings. The number of H-pyrrole nitrogens is 1. The minimum atomic E-state index is -0.119. The first-order valence-corrected chi connectivity index (χ1v) is 4.93. The second-order valence-electron chi connectivity index (χ2n) is 3.42. The topological polar surface area (TPSA) is 81.6 Å². The number of benzene rings is 1. The lowest BCUT2D eigenvalue weighted by atomic mass is 10.1. The third kappa shape index (κ3) is 2.04.